The summed E-state index contributed by atoms with van der Waals surface area (Å²) in [4.78, 5) is 29.4. The molecule has 10 heteroatoms. The van der Waals surface area contributed by atoms with E-state index in [0.29, 0.717) is 24.3 Å². The molecule has 4 aromatic carbocycles. The van der Waals surface area contributed by atoms with E-state index in [1.165, 1.54) is 36.3 Å². The lowest BCUT2D eigenvalue weighted by Crippen LogP contribution is -2.53. The minimum atomic E-state index is -4.20. The molecule has 4 aromatic rings. The maximum atomic E-state index is 14.4. The predicted molar refractivity (Wildman–Crippen MR) is 168 cm³/mol. The van der Waals surface area contributed by atoms with Gasteiger partial charge >= 0.3 is 0 Å². The fourth-order valence-corrected chi connectivity index (χ4v) is 6.14. The molecule has 44 heavy (non-hydrogen) atoms. The number of halogens is 1. The fourth-order valence-electron chi connectivity index (χ4n) is 4.70. The summed E-state index contributed by atoms with van der Waals surface area (Å²) >= 11 is 0. The van der Waals surface area contributed by atoms with Crippen LogP contribution in [-0.2, 0) is 32.6 Å². The number of methoxy groups -OCH3 is 1. The first-order valence-corrected chi connectivity index (χ1v) is 15.7. The van der Waals surface area contributed by atoms with Crippen molar-refractivity contribution in [1.29, 1.82) is 0 Å². The summed E-state index contributed by atoms with van der Waals surface area (Å²) in [6, 6.07) is 28.1. The van der Waals surface area contributed by atoms with Crippen molar-refractivity contribution in [3.05, 3.63) is 126 Å². The molecule has 0 radical (unpaired) electrons. The van der Waals surface area contributed by atoms with Gasteiger partial charge in [-0.15, -0.1) is 0 Å². The van der Waals surface area contributed by atoms with Gasteiger partial charge in [0.05, 0.1) is 17.7 Å². The first kappa shape index (κ1) is 32.2. The molecule has 0 bridgehead atoms. The van der Waals surface area contributed by atoms with Crippen LogP contribution in [0.25, 0.3) is 0 Å². The van der Waals surface area contributed by atoms with Gasteiger partial charge < -0.3 is 15.0 Å². The SMILES string of the molecule is CCCNC(=O)[C@H](Cc1ccccc1)N(Cc1ccc(F)cc1)C(=O)CN(c1ccc(OC)cc1)S(=O)(=O)c1ccccc1. The van der Waals surface area contributed by atoms with Crippen LogP contribution in [0.5, 0.6) is 5.75 Å². The number of carbonyl (C=O) groups excluding carboxylic acids is 2. The van der Waals surface area contributed by atoms with Crippen molar-refractivity contribution >= 4 is 27.5 Å². The van der Waals surface area contributed by atoms with Gasteiger partial charge in [0.1, 0.15) is 24.2 Å². The molecule has 230 valence electrons. The molecular formula is C34H36FN3O5S. The van der Waals surface area contributed by atoms with Crippen molar-refractivity contribution in [3.63, 3.8) is 0 Å². The molecule has 0 fully saturated rings. The highest BCUT2D eigenvalue weighted by Crippen LogP contribution is 2.27. The van der Waals surface area contributed by atoms with Crippen molar-refractivity contribution in [3.8, 4) is 5.75 Å². The second-order valence-corrected chi connectivity index (χ2v) is 12.0. The van der Waals surface area contributed by atoms with Crippen LogP contribution >= 0.6 is 0 Å². The highest BCUT2D eigenvalue weighted by molar-refractivity contribution is 7.92. The van der Waals surface area contributed by atoms with Gasteiger partial charge in [-0.25, -0.2) is 12.8 Å². The second-order valence-electron chi connectivity index (χ2n) is 10.2. The van der Waals surface area contributed by atoms with Crippen LogP contribution < -0.4 is 14.4 Å². The Morgan fingerprint density at radius 2 is 1.45 bits per heavy atom. The topological polar surface area (TPSA) is 96.0 Å². The lowest BCUT2D eigenvalue weighted by Gasteiger charge is -2.34. The molecule has 0 unspecified atom stereocenters. The summed E-state index contributed by atoms with van der Waals surface area (Å²) in [7, 11) is -2.70. The summed E-state index contributed by atoms with van der Waals surface area (Å²) in [5.74, 6) is -0.885. The zero-order valence-electron chi connectivity index (χ0n) is 24.7. The van der Waals surface area contributed by atoms with Crippen LogP contribution in [0.1, 0.15) is 24.5 Å². The number of anilines is 1. The lowest BCUT2D eigenvalue weighted by atomic mass is 10.0. The third-order valence-electron chi connectivity index (χ3n) is 7.06. The van der Waals surface area contributed by atoms with E-state index in [1.54, 1.807) is 54.6 Å². The van der Waals surface area contributed by atoms with E-state index in [2.05, 4.69) is 5.32 Å². The van der Waals surface area contributed by atoms with Gasteiger partial charge in [0.2, 0.25) is 11.8 Å². The Hall–Kier alpha value is -4.70. The number of ether oxygens (including phenoxy) is 1. The third kappa shape index (κ3) is 8.23. The van der Waals surface area contributed by atoms with Crippen LogP contribution in [0.15, 0.2) is 114 Å². The summed E-state index contributed by atoms with van der Waals surface area (Å²) in [6.45, 7) is 1.70. The van der Waals surface area contributed by atoms with Crippen molar-refractivity contribution in [1.82, 2.24) is 10.2 Å². The van der Waals surface area contributed by atoms with E-state index >= 15 is 0 Å². The molecule has 0 heterocycles. The van der Waals surface area contributed by atoms with Crippen molar-refractivity contribution in [2.24, 2.45) is 0 Å². The van der Waals surface area contributed by atoms with Gasteiger partial charge in [-0.2, -0.15) is 0 Å². The number of hydrogen-bond donors (Lipinski definition) is 1. The third-order valence-corrected chi connectivity index (χ3v) is 8.85. The average Bonchev–Trinajstić information content (AvgIpc) is 3.05. The predicted octanol–water partition coefficient (Wildman–Crippen LogP) is 5.20. The van der Waals surface area contributed by atoms with Crippen LogP contribution in [0.3, 0.4) is 0 Å². The minimum absolute atomic E-state index is 0.00947. The quantitative estimate of drug-likeness (QED) is 0.210. The summed E-state index contributed by atoms with van der Waals surface area (Å²) in [6.07, 6.45) is 0.883. The minimum Gasteiger partial charge on any atom is -0.497 e. The Morgan fingerprint density at radius 1 is 0.841 bits per heavy atom. The van der Waals surface area contributed by atoms with Gasteiger partial charge in [-0.3, -0.25) is 13.9 Å². The molecule has 4 rings (SSSR count). The van der Waals surface area contributed by atoms with Crippen molar-refractivity contribution < 1.29 is 27.1 Å². The second kappa shape index (κ2) is 15.2. The van der Waals surface area contributed by atoms with Crippen LogP contribution in [-0.4, -0.2) is 51.4 Å². The number of carbonyl (C=O) groups is 2. The van der Waals surface area contributed by atoms with E-state index < -0.39 is 34.3 Å². The molecule has 0 aliphatic carbocycles. The maximum absolute atomic E-state index is 14.4. The normalized spacial score (nSPS) is 11.8. The van der Waals surface area contributed by atoms with E-state index in [0.717, 1.165) is 9.87 Å². The molecule has 1 atom stereocenters. The number of rotatable bonds is 14. The monoisotopic (exact) mass is 617 g/mol. The van der Waals surface area contributed by atoms with Crippen LogP contribution in [0.4, 0.5) is 10.1 Å². The Kier molecular flexibility index (Phi) is 11.1. The maximum Gasteiger partial charge on any atom is 0.264 e. The molecule has 0 aromatic heterocycles. The Balaban J connectivity index is 1.78. The summed E-state index contributed by atoms with van der Waals surface area (Å²) < 4.78 is 48.0. The zero-order chi connectivity index (χ0) is 31.5. The number of hydrogen-bond acceptors (Lipinski definition) is 5. The van der Waals surface area contributed by atoms with Gasteiger partial charge in [0.15, 0.2) is 0 Å². The molecule has 0 saturated carbocycles. The molecule has 1 N–H and O–H groups in total. The van der Waals surface area contributed by atoms with E-state index in [4.69, 9.17) is 4.74 Å². The smallest absolute Gasteiger partial charge is 0.264 e. The summed E-state index contributed by atoms with van der Waals surface area (Å²) in [5.41, 5.74) is 1.66. The van der Waals surface area contributed by atoms with Gasteiger partial charge in [-0.1, -0.05) is 67.6 Å². The van der Waals surface area contributed by atoms with E-state index in [-0.39, 0.29) is 29.5 Å². The first-order valence-electron chi connectivity index (χ1n) is 14.3. The summed E-state index contributed by atoms with van der Waals surface area (Å²) in [5, 5.41) is 2.90. The molecular weight excluding hydrogens is 581 g/mol. The van der Waals surface area contributed by atoms with Crippen molar-refractivity contribution in [2.75, 3.05) is 24.5 Å². The van der Waals surface area contributed by atoms with Crippen LogP contribution in [0.2, 0.25) is 0 Å². The number of amides is 2. The standard InChI is InChI=1S/C34H36FN3O5S/c1-3-22-36-34(40)32(23-26-10-6-4-7-11-26)37(24-27-14-16-28(35)17-15-27)33(39)25-38(29-18-20-30(43-2)21-19-29)44(41,42)31-12-8-5-9-13-31/h4-21,32H,3,22-25H2,1-2H3,(H,36,40)/t32-/m0/s1. The Labute approximate surface area is 258 Å². The molecule has 2 amide bonds. The van der Waals surface area contributed by atoms with Gasteiger partial charge in [0, 0.05) is 19.5 Å². The van der Waals surface area contributed by atoms with Gasteiger partial charge in [0.25, 0.3) is 10.0 Å². The van der Waals surface area contributed by atoms with E-state index in [9.17, 15) is 22.4 Å². The first-order chi connectivity index (χ1) is 21.2. The average molecular weight is 618 g/mol. The zero-order valence-corrected chi connectivity index (χ0v) is 25.5. The number of nitrogens with zero attached hydrogens (tertiary/aromatic N) is 2. The lowest BCUT2D eigenvalue weighted by molar-refractivity contribution is -0.140. The number of sulfonamides is 1. The number of benzene rings is 4. The highest BCUT2D eigenvalue weighted by Gasteiger charge is 2.34. The number of nitrogens with one attached hydrogen (secondary N) is 1. The molecule has 0 saturated heterocycles. The van der Waals surface area contributed by atoms with Crippen LogP contribution in [0, 0.1) is 5.82 Å². The van der Waals surface area contributed by atoms with Gasteiger partial charge in [-0.05, 0) is 66.1 Å². The largest absolute Gasteiger partial charge is 0.497 e. The Morgan fingerprint density at radius 3 is 2.05 bits per heavy atom. The molecule has 0 aliphatic heterocycles. The van der Waals surface area contributed by atoms with Crippen molar-refractivity contribution in [2.45, 2.75) is 37.2 Å². The van der Waals surface area contributed by atoms with E-state index in [1.807, 2.05) is 37.3 Å². The molecule has 0 spiro atoms. The highest BCUT2D eigenvalue weighted by atomic mass is 32.2. The fraction of sp³-hybridized carbons (Fsp3) is 0.235. The molecule has 8 nitrogen and oxygen atoms in total. The molecule has 0 aliphatic rings. The Bertz CT molecular complexity index is 1620.